The molecule has 0 aliphatic heterocycles. The van der Waals surface area contributed by atoms with Crippen LogP contribution in [0.1, 0.15) is 26.3 Å². The molecule has 2 nitrogen and oxygen atoms in total. The summed E-state index contributed by atoms with van der Waals surface area (Å²) in [6.45, 7) is 5.99. The molecule has 0 N–H and O–H groups in total. The van der Waals surface area contributed by atoms with Gasteiger partial charge in [-0.15, -0.1) is 0 Å². The Morgan fingerprint density at radius 3 is 2.56 bits per heavy atom. The molecule has 0 spiro atoms. The number of rotatable bonds is 1. The summed E-state index contributed by atoms with van der Waals surface area (Å²) >= 11 is 0. The van der Waals surface area contributed by atoms with E-state index in [0.717, 1.165) is 5.69 Å². The molecule has 0 aliphatic rings. The molecule has 0 saturated heterocycles. The van der Waals surface area contributed by atoms with Crippen molar-refractivity contribution < 1.29 is 4.39 Å². The van der Waals surface area contributed by atoms with Gasteiger partial charge in [-0.25, -0.2) is 9.07 Å². The molecular formula is C13H15FN2. The van der Waals surface area contributed by atoms with Crippen LogP contribution in [0.15, 0.2) is 36.7 Å². The number of hydrogen-bond donors (Lipinski definition) is 0. The summed E-state index contributed by atoms with van der Waals surface area (Å²) in [6, 6.07) is 6.93. The normalized spacial score (nSPS) is 11.8. The van der Waals surface area contributed by atoms with E-state index < -0.39 is 0 Å². The Balaban J connectivity index is 2.52. The van der Waals surface area contributed by atoms with E-state index in [1.54, 1.807) is 16.9 Å². The lowest BCUT2D eigenvalue weighted by Gasteiger charge is -2.20. The van der Waals surface area contributed by atoms with Gasteiger partial charge in [0, 0.05) is 12.4 Å². The number of halogens is 1. The lowest BCUT2D eigenvalue weighted by Crippen LogP contribution is -2.14. The second-order valence-corrected chi connectivity index (χ2v) is 4.86. The Morgan fingerprint density at radius 2 is 2.00 bits per heavy atom. The Kier molecular flexibility index (Phi) is 2.54. The van der Waals surface area contributed by atoms with Crippen molar-refractivity contribution in [1.29, 1.82) is 0 Å². The van der Waals surface area contributed by atoms with E-state index in [-0.39, 0.29) is 11.2 Å². The van der Waals surface area contributed by atoms with E-state index in [1.165, 1.54) is 6.07 Å². The number of nitrogens with zero attached hydrogens (tertiary/aromatic N) is 2. The molecule has 0 bridgehead atoms. The number of hydrogen-bond acceptors (Lipinski definition) is 1. The molecule has 1 aromatic heterocycles. The Bertz CT molecular complexity index is 481. The van der Waals surface area contributed by atoms with E-state index in [0.29, 0.717) is 5.56 Å². The third-order valence-corrected chi connectivity index (χ3v) is 2.53. The highest BCUT2D eigenvalue weighted by Gasteiger charge is 2.19. The van der Waals surface area contributed by atoms with E-state index in [1.807, 2.05) is 39.1 Å². The van der Waals surface area contributed by atoms with Gasteiger partial charge in [0.05, 0.1) is 5.69 Å². The highest BCUT2D eigenvalue weighted by Crippen LogP contribution is 2.26. The van der Waals surface area contributed by atoms with Crippen molar-refractivity contribution in [3.63, 3.8) is 0 Å². The molecule has 0 aliphatic carbocycles. The quantitative estimate of drug-likeness (QED) is 0.718. The van der Waals surface area contributed by atoms with Crippen LogP contribution in [0.5, 0.6) is 0 Å². The molecule has 2 rings (SSSR count). The second kappa shape index (κ2) is 3.74. The lowest BCUT2D eigenvalue weighted by atomic mass is 9.86. The topological polar surface area (TPSA) is 17.8 Å². The fourth-order valence-electron chi connectivity index (χ4n) is 1.65. The van der Waals surface area contributed by atoms with Crippen molar-refractivity contribution >= 4 is 0 Å². The third kappa shape index (κ3) is 1.98. The summed E-state index contributed by atoms with van der Waals surface area (Å²) in [7, 11) is 0. The highest BCUT2D eigenvalue weighted by molar-refractivity contribution is 5.38. The molecule has 84 valence electrons. The van der Waals surface area contributed by atoms with Crippen LogP contribution in [0, 0.1) is 5.82 Å². The fraction of sp³-hybridized carbons (Fsp3) is 0.308. The summed E-state index contributed by atoms with van der Waals surface area (Å²) in [5.74, 6) is -0.164. The van der Waals surface area contributed by atoms with Crippen LogP contribution >= 0.6 is 0 Å². The maximum Gasteiger partial charge on any atom is 0.127 e. The predicted molar refractivity (Wildman–Crippen MR) is 62.2 cm³/mol. The summed E-state index contributed by atoms with van der Waals surface area (Å²) in [6.07, 6.45) is 3.56. The summed E-state index contributed by atoms with van der Waals surface area (Å²) in [4.78, 5) is 0. The first kappa shape index (κ1) is 10.9. The zero-order valence-electron chi connectivity index (χ0n) is 9.74. The van der Waals surface area contributed by atoms with Crippen molar-refractivity contribution in [2.45, 2.75) is 26.2 Å². The summed E-state index contributed by atoms with van der Waals surface area (Å²) < 4.78 is 15.4. The van der Waals surface area contributed by atoms with E-state index in [9.17, 15) is 4.39 Å². The van der Waals surface area contributed by atoms with E-state index in [2.05, 4.69) is 5.10 Å². The van der Waals surface area contributed by atoms with Crippen molar-refractivity contribution in [2.24, 2.45) is 0 Å². The zero-order chi connectivity index (χ0) is 11.8. The second-order valence-electron chi connectivity index (χ2n) is 4.86. The Hall–Kier alpha value is -1.64. The van der Waals surface area contributed by atoms with Crippen LogP contribution in [0.25, 0.3) is 5.69 Å². The van der Waals surface area contributed by atoms with Crippen molar-refractivity contribution in [1.82, 2.24) is 9.78 Å². The van der Waals surface area contributed by atoms with Gasteiger partial charge in [0.2, 0.25) is 0 Å². The SMILES string of the molecule is CC(C)(C)c1cc(-n2cccn2)ccc1F. The minimum absolute atomic E-state index is 0.164. The predicted octanol–water partition coefficient (Wildman–Crippen LogP) is 3.31. The average Bonchev–Trinajstić information content (AvgIpc) is 2.69. The van der Waals surface area contributed by atoms with Crippen LogP contribution in [0.2, 0.25) is 0 Å². The van der Waals surface area contributed by atoms with E-state index in [4.69, 9.17) is 0 Å². The van der Waals surface area contributed by atoms with Crippen LogP contribution in [-0.4, -0.2) is 9.78 Å². The molecule has 2 aromatic rings. The van der Waals surface area contributed by atoms with Gasteiger partial charge in [-0.3, -0.25) is 0 Å². The van der Waals surface area contributed by atoms with Crippen molar-refractivity contribution in [2.75, 3.05) is 0 Å². The van der Waals surface area contributed by atoms with Gasteiger partial charge in [0.1, 0.15) is 5.82 Å². The Labute approximate surface area is 94.7 Å². The molecular weight excluding hydrogens is 203 g/mol. The highest BCUT2D eigenvalue weighted by atomic mass is 19.1. The maximum atomic E-state index is 13.7. The molecule has 3 heteroatoms. The molecule has 0 amide bonds. The third-order valence-electron chi connectivity index (χ3n) is 2.53. The molecule has 0 atom stereocenters. The summed E-state index contributed by atoms with van der Waals surface area (Å²) in [5.41, 5.74) is 1.39. The largest absolute Gasteiger partial charge is 0.241 e. The monoisotopic (exact) mass is 218 g/mol. The lowest BCUT2D eigenvalue weighted by molar-refractivity contribution is 0.522. The molecule has 1 aromatic carbocycles. The van der Waals surface area contributed by atoms with Gasteiger partial charge < -0.3 is 0 Å². The standard InChI is InChI=1S/C13H15FN2/c1-13(2,3)11-9-10(5-6-12(11)14)16-8-4-7-15-16/h4-9H,1-3H3. The molecule has 0 saturated carbocycles. The Morgan fingerprint density at radius 1 is 1.25 bits per heavy atom. The average molecular weight is 218 g/mol. The van der Waals surface area contributed by atoms with Crippen LogP contribution in [0.3, 0.4) is 0 Å². The molecule has 1 heterocycles. The summed E-state index contributed by atoms with van der Waals surface area (Å²) in [5, 5.41) is 4.13. The molecule has 0 fully saturated rings. The molecule has 16 heavy (non-hydrogen) atoms. The van der Waals surface area contributed by atoms with Crippen LogP contribution < -0.4 is 0 Å². The first-order valence-electron chi connectivity index (χ1n) is 5.28. The first-order valence-corrected chi connectivity index (χ1v) is 5.28. The fourth-order valence-corrected chi connectivity index (χ4v) is 1.65. The number of aromatic nitrogens is 2. The van der Waals surface area contributed by atoms with Crippen LogP contribution in [-0.2, 0) is 5.41 Å². The minimum atomic E-state index is -0.201. The van der Waals surface area contributed by atoms with Gasteiger partial charge in [-0.1, -0.05) is 20.8 Å². The maximum absolute atomic E-state index is 13.7. The van der Waals surface area contributed by atoms with Crippen molar-refractivity contribution in [3.8, 4) is 5.69 Å². The molecule has 0 radical (unpaired) electrons. The first-order chi connectivity index (χ1) is 7.48. The van der Waals surface area contributed by atoms with Gasteiger partial charge in [0.25, 0.3) is 0 Å². The molecule has 0 unspecified atom stereocenters. The smallest absolute Gasteiger partial charge is 0.127 e. The number of benzene rings is 1. The van der Waals surface area contributed by atoms with Crippen molar-refractivity contribution in [3.05, 3.63) is 48.0 Å². The zero-order valence-corrected chi connectivity index (χ0v) is 9.74. The van der Waals surface area contributed by atoms with Gasteiger partial charge >= 0.3 is 0 Å². The van der Waals surface area contributed by atoms with Gasteiger partial charge in [0.15, 0.2) is 0 Å². The minimum Gasteiger partial charge on any atom is -0.241 e. The van der Waals surface area contributed by atoms with Gasteiger partial charge in [-0.05, 0) is 35.2 Å². The van der Waals surface area contributed by atoms with Crippen LogP contribution in [0.4, 0.5) is 4.39 Å². The van der Waals surface area contributed by atoms with Gasteiger partial charge in [-0.2, -0.15) is 5.10 Å². The van der Waals surface area contributed by atoms with E-state index >= 15 is 0 Å².